The van der Waals surface area contributed by atoms with Gasteiger partial charge in [-0.2, -0.15) is 0 Å². The minimum Gasteiger partial charge on any atom is -0.447 e. The Labute approximate surface area is 138 Å². The predicted octanol–water partition coefficient (Wildman–Crippen LogP) is 4.41. The van der Waals surface area contributed by atoms with Gasteiger partial charge in [-0.1, -0.05) is 23.2 Å². The van der Waals surface area contributed by atoms with Gasteiger partial charge in [0.1, 0.15) is 6.29 Å². The molecule has 0 aliphatic heterocycles. The Hall–Kier alpha value is -2.71. The van der Waals surface area contributed by atoms with Crippen molar-refractivity contribution in [3.63, 3.8) is 0 Å². The number of nitrogens with zero attached hydrogens (tertiary/aromatic N) is 2. The quantitative estimate of drug-likeness (QED) is 0.445. The maximum absolute atomic E-state index is 11.0. The molecule has 0 saturated carbocycles. The largest absolute Gasteiger partial charge is 0.447 e. The molecule has 2 aromatic rings. The van der Waals surface area contributed by atoms with Gasteiger partial charge in [-0.05, 0) is 18.2 Å². The molecule has 0 saturated heterocycles. The van der Waals surface area contributed by atoms with E-state index < -0.39 is 21.2 Å². The number of halogens is 2. The molecule has 0 unspecified atom stereocenters. The molecule has 0 heterocycles. The average molecular weight is 357 g/mol. The number of aldehydes is 1. The van der Waals surface area contributed by atoms with Gasteiger partial charge in [-0.25, -0.2) is 0 Å². The minimum atomic E-state index is -0.829. The molecule has 0 aliphatic carbocycles. The zero-order valence-corrected chi connectivity index (χ0v) is 12.6. The van der Waals surface area contributed by atoms with Crippen molar-refractivity contribution in [2.75, 3.05) is 0 Å². The van der Waals surface area contributed by atoms with E-state index in [1.54, 1.807) is 0 Å². The number of non-ortho nitro benzene ring substituents is 1. The van der Waals surface area contributed by atoms with Crippen LogP contribution in [0.1, 0.15) is 10.4 Å². The van der Waals surface area contributed by atoms with E-state index in [9.17, 15) is 25.0 Å². The summed E-state index contributed by atoms with van der Waals surface area (Å²) in [7, 11) is 0. The summed E-state index contributed by atoms with van der Waals surface area (Å²) in [5, 5.41) is 21.7. The number of hydrogen-bond acceptors (Lipinski definition) is 6. The lowest BCUT2D eigenvalue weighted by atomic mass is 10.2. The van der Waals surface area contributed by atoms with E-state index >= 15 is 0 Å². The lowest BCUT2D eigenvalue weighted by Crippen LogP contribution is -1.97. The van der Waals surface area contributed by atoms with Gasteiger partial charge in [-0.15, -0.1) is 0 Å². The molecule has 0 spiro atoms. The first-order chi connectivity index (χ1) is 10.8. The molecule has 0 atom stereocenters. The molecule has 0 aliphatic rings. The van der Waals surface area contributed by atoms with Crippen molar-refractivity contribution in [1.29, 1.82) is 0 Å². The Balaban J connectivity index is 2.50. The summed E-state index contributed by atoms with van der Waals surface area (Å²) >= 11 is 11.9. The third-order valence-electron chi connectivity index (χ3n) is 2.72. The summed E-state index contributed by atoms with van der Waals surface area (Å²) in [4.78, 5) is 30.9. The first-order valence-electron chi connectivity index (χ1n) is 5.88. The molecule has 10 heteroatoms. The van der Waals surface area contributed by atoms with E-state index in [1.807, 2.05) is 0 Å². The highest BCUT2D eigenvalue weighted by Crippen LogP contribution is 2.41. The molecule has 23 heavy (non-hydrogen) atoms. The third kappa shape index (κ3) is 3.55. The van der Waals surface area contributed by atoms with E-state index in [0.717, 1.165) is 18.2 Å². The predicted molar refractivity (Wildman–Crippen MR) is 81.7 cm³/mol. The van der Waals surface area contributed by atoms with Gasteiger partial charge in [0.05, 0.1) is 26.0 Å². The lowest BCUT2D eigenvalue weighted by molar-refractivity contribution is -0.394. The number of rotatable bonds is 5. The van der Waals surface area contributed by atoms with Gasteiger partial charge in [0.2, 0.25) is 5.75 Å². The molecule has 2 rings (SSSR count). The van der Waals surface area contributed by atoms with Gasteiger partial charge in [0, 0.05) is 11.6 Å². The molecule has 8 nitrogen and oxygen atoms in total. The first-order valence-corrected chi connectivity index (χ1v) is 6.64. The van der Waals surface area contributed by atoms with Gasteiger partial charge < -0.3 is 4.74 Å². The minimum absolute atomic E-state index is 0.0350. The SMILES string of the molecule is O=Cc1cc(Cl)c(Oc2ccc([N+](=O)[O-])cc2[N+](=O)[O-])c(Cl)c1. The fraction of sp³-hybridized carbons (Fsp3) is 0. The number of nitro groups is 2. The highest BCUT2D eigenvalue weighted by atomic mass is 35.5. The molecule has 0 bridgehead atoms. The molecule has 118 valence electrons. The van der Waals surface area contributed by atoms with E-state index in [0.29, 0.717) is 6.29 Å². The van der Waals surface area contributed by atoms with E-state index in [-0.39, 0.29) is 27.1 Å². The Morgan fingerprint density at radius 3 is 2.09 bits per heavy atom. The molecular formula is C13H6Cl2N2O6. The fourth-order valence-corrected chi connectivity index (χ4v) is 2.28. The van der Waals surface area contributed by atoms with Crippen LogP contribution >= 0.6 is 23.2 Å². The Bertz CT molecular complexity index is 801. The number of ether oxygens (including phenoxy) is 1. The highest BCUT2D eigenvalue weighted by molar-refractivity contribution is 6.37. The van der Waals surface area contributed by atoms with Crippen LogP contribution in [0.3, 0.4) is 0 Å². The highest BCUT2D eigenvalue weighted by Gasteiger charge is 2.23. The first kappa shape index (κ1) is 16.7. The third-order valence-corrected chi connectivity index (χ3v) is 3.28. The van der Waals surface area contributed by atoms with E-state index in [2.05, 4.69) is 0 Å². The van der Waals surface area contributed by atoms with Crippen LogP contribution in [0.15, 0.2) is 30.3 Å². The Kier molecular flexibility index (Phi) is 4.77. The molecule has 0 amide bonds. The van der Waals surface area contributed by atoms with Crippen LogP contribution in [0, 0.1) is 20.2 Å². The molecular weight excluding hydrogens is 351 g/mol. The molecule has 0 fully saturated rings. The van der Waals surface area contributed by atoms with Gasteiger partial charge in [0.25, 0.3) is 5.69 Å². The average Bonchev–Trinajstić information content (AvgIpc) is 2.50. The number of hydrogen-bond donors (Lipinski definition) is 0. The van der Waals surface area contributed by atoms with Crippen molar-refractivity contribution in [2.45, 2.75) is 0 Å². The van der Waals surface area contributed by atoms with Crippen molar-refractivity contribution < 1.29 is 19.4 Å². The zero-order chi connectivity index (χ0) is 17.1. The van der Waals surface area contributed by atoms with Crippen molar-refractivity contribution >= 4 is 40.9 Å². The summed E-state index contributed by atoms with van der Waals surface area (Å²) in [5.41, 5.74) is -0.881. The van der Waals surface area contributed by atoms with Gasteiger partial charge >= 0.3 is 5.69 Å². The standard InChI is InChI=1S/C13H6Cl2N2O6/c14-9-3-7(6-18)4-10(15)13(9)23-12-2-1-8(16(19)20)5-11(12)17(21)22/h1-6H. The molecule has 0 aromatic heterocycles. The van der Waals surface area contributed by atoms with Crippen molar-refractivity contribution in [1.82, 2.24) is 0 Å². The zero-order valence-electron chi connectivity index (χ0n) is 11.1. The van der Waals surface area contributed by atoms with Crippen LogP contribution in [0.25, 0.3) is 0 Å². The summed E-state index contributed by atoms with van der Waals surface area (Å²) in [5.74, 6) is -0.376. The lowest BCUT2D eigenvalue weighted by Gasteiger charge is -2.10. The van der Waals surface area contributed by atoms with Crippen molar-refractivity contribution in [3.05, 3.63) is 66.2 Å². The molecule has 2 aromatic carbocycles. The number of benzene rings is 2. The van der Waals surface area contributed by atoms with Crippen LogP contribution in [0.4, 0.5) is 11.4 Å². The maximum Gasteiger partial charge on any atom is 0.318 e. The Morgan fingerprint density at radius 2 is 1.61 bits per heavy atom. The van der Waals surface area contributed by atoms with Gasteiger partial charge in [0.15, 0.2) is 5.75 Å². The number of carbonyl (C=O) groups is 1. The monoisotopic (exact) mass is 356 g/mol. The molecule has 0 radical (unpaired) electrons. The summed E-state index contributed by atoms with van der Waals surface area (Å²) < 4.78 is 5.32. The molecule has 0 N–H and O–H groups in total. The van der Waals surface area contributed by atoms with E-state index in [1.165, 1.54) is 12.1 Å². The topological polar surface area (TPSA) is 113 Å². The second-order valence-corrected chi connectivity index (χ2v) is 5.01. The summed E-state index contributed by atoms with van der Waals surface area (Å²) in [6.07, 6.45) is 0.524. The summed E-state index contributed by atoms with van der Waals surface area (Å²) in [6.45, 7) is 0. The maximum atomic E-state index is 11.0. The normalized spacial score (nSPS) is 10.2. The van der Waals surface area contributed by atoms with Crippen molar-refractivity contribution in [2.24, 2.45) is 0 Å². The summed E-state index contributed by atoms with van der Waals surface area (Å²) in [6, 6.07) is 5.41. The van der Waals surface area contributed by atoms with Crippen LogP contribution in [0.2, 0.25) is 10.0 Å². The number of nitro benzene ring substituents is 2. The van der Waals surface area contributed by atoms with Crippen LogP contribution in [-0.2, 0) is 0 Å². The smallest absolute Gasteiger partial charge is 0.318 e. The van der Waals surface area contributed by atoms with Crippen LogP contribution < -0.4 is 4.74 Å². The van der Waals surface area contributed by atoms with Crippen LogP contribution in [0.5, 0.6) is 11.5 Å². The Morgan fingerprint density at radius 1 is 1.00 bits per heavy atom. The van der Waals surface area contributed by atoms with Crippen molar-refractivity contribution in [3.8, 4) is 11.5 Å². The van der Waals surface area contributed by atoms with Crippen LogP contribution in [-0.4, -0.2) is 16.1 Å². The van der Waals surface area contributed by atoms with Gasteiger partial charge in [-0.3, -0.25) is 25.0 Å². The van der Waals surface area contributed by atoms with E-state index in [4.69, 9.17) is 27.9 Å². The second-order valence-electron chi connectivity index (χ2n) is 4.20. The number of carbonyl (C=O) groups excluding carboxylic acids is 1. The second kappa shape index (κ2) is 6.59. The fourth-order valence-electron chi connectivity index (χ4n) is 1.70.